The molecule has 0 aliphatic rings. The molecule has 0 fully saturated rings. The summed E-state index contributed by atoms with van der Waals surface area (Å²) in [7, 11) is 0. The molecule has 0 saturated heterocycles. The zero-order chi connectivity index (χ0) is 12.0. The Balaban J connectivity index is 0.000000606. The molecule has 1 aromatic heterocycles. The van der Waals surface area contributed by atoms with Crippen molar-refractivity contribution in [3.8, 4) is 11.3 Å². The van der Waals surface area contributed by atoms with Gasteiger partial charge in [-0.3, -0.25) is 0 Å². The van der Waals surface area contributed by atoms with E-state index < -0.39 is 0 Å². The van der Waals surface area contributed by atoms with E-state index in [2.05, 4.69) is 18.8 Å². The molecule has 2 nitrogen and oxygen atoms in total. The van der Waals surface area contributed by atoms with Crippen molar-refractivity contribution in [3.05, 3.63) is 42.5 Å². The van der Waals surface area contributed by atoms with E-state index in [1.807, 2.05) is 44.2 Å². The van der Waals surface area contributed by atoms with Crippen LogP contribution in [0.15, 0.2) is 41.0 Å². The van der Waals surface area contributed by atoms with Crippen molar-refractivity contribution in [1.82, 2.24) is 4.98 Å². The predicted molar refractivity (Wildman–Crippen MR) is 67.4 cm³/mol. The minimum absolute atomic E-state index is 0.340. The van der Waals surface area contributed by atoms with Gasteiger partial charge >= 0.3 is 0 Å². The Morgan fingerprint density at radius 3 is 2.19 bits per heavy atom. The average Bonchev–Trinajstić information content (AvgIpc) is 2.82. The van der Waals surface area contributed by atoms with Gasteiger partial charge in [-0.15, -0.1) is 0 Å². The number of aromatic nitrogens is 1. The summed E-state index contributed by atoms with van der Waals surface area (Å²) in [5.41, 5.74) is 2.01. The number of benzene rings is 1. The normalized spacial score (nSPS) is 9.81. The van der Waals surface area contributed by atoms with Crippen LogP contribution in [0.1, 0.15) is 39.5 Å². The lowest BCUT2D eigenvalue weighted by atomic mass is 10.2. The SMILES string of the molecule is CC.CC(C)c1nc(-c2ccccc2)co1. The Bertz CT molecular complexity index is 404. The highest BCUT2D eigenvalue weighted by atomic mass is 16.3. The van der Waals surface area contributed by atoms with Gasteiger partial charge in [0.15, 0.2) is 5.89 Å². The van der Waals surface area contributed by atoms with Crippen LogP contribution in [0.2, 0.25) is 0 Å². The van der Waals surface area contributed by atoms with Crippen LogP contribution in [0.4, 0.5) is 0 Å². The second kappa shape index (κ2) is 6.11. The van der Waals surface area contributed by atoms with Gasteiger partial charge in [0.1, 0.15) is 12.0 Å². The molecule has 0 radical (unpaired) electrons. The number of nitrogens with zero attached hydrogens (tertiary/aromatic N) is 1. The van der Waals surface area contributed by atoms with Crippen molar-refractivity contribution in [3.63, 3.8) is 0 Å². The Kier molecular flexibility index (Phi) is 4.77. The largest absolute Gasteiger partial charge is 0.448 e. The third kappa shape index (κ3) is 2.96. The van der Waals surface area contributed by atoms with Crippen molar-refractivity contribution >= 4 is 0 Å². The molecule has 0 aliphatic heterocycles. The molecule has 2 rings (SSSR count). The second-order valence-corrected chi connectivity index (χ2v) is 3.59. The van der Waals surface area contributed by atoms with Crippen LogP contribution < -0.4 is 0 Å². The molecule has 1 aromatic carbocycles. The van der Waals surface area contributed by atoms with Gasteiger partial charge in [-0.25, -0.2) is 4.98 Å². The summed E-state index contributed by atoms with van der Waals surface area (Å²) < 4.78 is 5.37. The van der Waals surface area contributed by atoms with Gasteiger partial charge in [0.2, 0.25) is 0 Å². The van der Waals surface area contributed by atoms with Gasteiger partial charge in [0.05, 0.1) is 0 Å². The lowest BCUT2D eigenvalue weighted by Crippen LogP contribution is -1.86. The first kappa shape index (κ1) is 12.5. The molecular formula is C14H19NO. The fraction of sp³-hybridized carbons (Fsp3) is 0.357. The molecule has 1 heterocycles. The van der Waals surface area contributed by atoms with Gasteiger partial charge in [-0.05, 0) is 0 Å². The lowest BCUT2D eigenvalue weighted by Gasteiger charge is -1.95. The van der Waals surface area contributed by atoms with Crippen LogP contribution in [-0.4, -0.2) is 4.98 Å². The molecule has 16 heavy (non-hydrogen) atoms. The highest BCUT2D eigenvalue weighted by molar-refractivity contribution is 5.57. The summed E-state index contributed by atoms with van der Waals surface area (Å²) in [5, 5.41) is 0. The van der Waals surface area contributed by atoms with Crippen LogP contribution in [0, 0.1) is 0 Å². The van der Waals surface area contributed by atoms with Crippen molar-refractivity contribution < 1.29 is 4.42 Å². The van der Waals surface area contributed by atoms with E-state index in [4.69, 9.17) is 4.42 Å². The van der Waals surface area contributed by atoms with E-state index in [-0.39, 0.29) is 0 Å². The Labute approximate surface area is 97.3 Å². The van der Waals surface area contributed by atoms with Gasteiger partial charge in [0, 0.05) is 11.5 Å². The highest BCUT2D eigenvalue weighted by Gasteiger charge is 2.08. The number of hydrogen-bond donors (Lipinski definition) is 0. The maximum atomic E-state index is 5.37. The first-order valence-electron chi connectivity index (χ1n) is 5.78. The van der Waals surface area contributed by atoms with Crippen LogP contribution >= 0.6 is 0 Å². The third-order valence-electron chi connectivity index (χ3n) is 2.09. The van der Waals surface area contributed by atoms with Crippen molar-refractivity contribution in [2.45, 2.75) is 33.6 Å². The number of oxazole rings is 1. The molecule has 0 amide bonds. The first-order valence-corrected chi connectivity index (χ1v) is 5.78. The molecule has 2 aromatic rings. The Morgan fingerprint density at radius 2 is 1.69 bits per heavy atom. The summed E-state index contributed by atoms with van der Waals surface area (Å²) >= 11 is 0. The quantitative estimate of drug-likeness (QED) is 0.740. The predicted octanol–water partition coefficient (Wildman–Crippen LogP) is 4.49. The van der Waals surface area contributed by atoms with Gasteiger partial charge in [-0.2, -0.15) is 0 Å². The van der Waals surface area contributed by atoms with Gasteiger partial charge in [0.25, 0.3) is 0 Å². The van der Waals surface area contributed by atoms with E-state index >= 15 is 0 Å². The standard InChI is InChI=1S/C12H13NO.C2H6/c1-9(2)12-13-11(8-14-12)10-6-4-3-5-7-10;1-2/h3-9H,1-2H3;1-2H3. The third-order valence-corrected chi connectivity index (χ3v) is 2.09. The monoisotopic (exact) mass is 217 g/mol. The van der Waals surface area contributed by atoms with Crippen LogP contribution in [-0.2, 0) is 0 Å². The van der Waals surface area contributed by atoms with E-state index in [1.54, 1.807) is 6.26 Å². The zero-order valence-electron chi connectivity index (χ0n) is 10.4. The molecule has 0 unspecified atom stereocenters. The average molecular weight is 217 g/mol. The summed E-state index contributed by atoms with van der Waals surface area (Å²) in [5.74, 6) is 1.14. The molecular weight excluding hydrogens is 198 g/mol. The molecule has 2 heteroatoms. The molecule has 0 bridgehead atoms. The van der Waals surface area contributed by atoms with Crippen LogP contribution in [0.3, 0.4) is 0 Å². The van der Waals surface area contributed by atoms with E-state index in [0.29, 0.717) is 5.92 Å². The van der Waals surface area contributed by atoms with Gasteiger partial charge < -0.3 is 4.42 Å². The summed E-state index contributed by atoms with van der Waals surface area (Å²) in [6.45, 7) is 8.14. The van der Waals surface area contributed by atoms with Crippen molar-refractivity contribution in [2.75, 3.05) is 0 Å². The van der Waals surface area contributed by atoms with E-state index in [9.17, 15) is 0 Å². The van der Waals surface area contributed by atoms with E-state index in [1.165, 1.54) is 0 Å². The fourth-order valence-corrected chi connectivity index (χ4v) is 1.29. The van der Waals surface area contributed by atoms with Crippen molar-refractivity contribution in [1.29, 1.82) is 0 Å². The van der Waals surface area contributed by atoms with Crippen LogP contribution in [0.25, 0.3) is 11.3 Å². The molecule has 0 aliphatic carbocycles. The summed E-state index contributed by atoms with van der Waals surface area (Å²) in [6.07, 6.45) is 1.71. The Morgan fingerprint density at radius 1 is 1.06 bits per heavy atom. The minimum Gasteiger partial charge on any atom is -0.448 e. The molecule has 0 saturated carbocycles. The maximum absolute atomic E-state index is 5.37. The van der Waals surface area contributed by atoms with Gasteiger partial charge in [-0.1, -0.05) is 58.0 Å². The topological polar surface area (TPSA) is 26.0 Å². The first-order chi connectivity index (χ1) is 7.77. The second-order valence-electron chi connectivity index (χ2n) is 3.59. The summed E-state index contributed by atoms with van der Waals surface area (Å²) in [6, 6.07) is 10.1. The maximum Gasteiger partial charge on any atom is 0.197 e. The number of rotatable bonds is 2. The Hall–Kier alpha value is -1.57. The smallest absolute Gasteiger partial charge is 0.197 e. The molecule has 86 valence electrons. The fourth-order valence-electron chi connectivity index (χ4n) is 1.29. The van der Waals surface area contributed by atoms with Crippen molar-refractivity contribution in [2.24, 2.45) is 0 Å². The minimum atomic E-state index is 0.340. The van der Waals surface area contributed by atoms with E-state index in [0.717, 1.165) is 17.1 Å². The zero-order valence-corrected chi connectivity index (χ0v) is 10.4. The number of hydrogen-bond acceptors (Lipinski definition) is 2. The molecule has 0 atom stereocenters. The highest BCUT2D eigenvalue weighted by Crippen LogP contribution is 2.21. The molecule has 0 spiro atoms. The summed E-state index contributed by atoms with van der Waals surface area (Å²) in [4.78, 5) is 4.41. The molecule has 0 N–H and O–H groups in total. The van der Waals surface area contributed by atoms with Crippen LogP contribution in [0.5, 0.6) is 0 Å². The lowest BCUT2D eigenvalue weighted by molar-refractivity contribution is 0.471.